The third-order valence-electron chi connectivity index (χ3n) is 3.30. The van der Waals surface area contributed by atoms with Crippen molar-refractivity contribution in [3.8, 4) is 0 Å². The molecule has 2 rings (SSSR count). The van der Waals surface area contributed by atoms with Gasteiger partial charge in [0.2, 0.25) is 5.91 Å². The zero-order valence-electron chi connectivity index (χ0n) is 10.9. The van der Waals surface area contributed by atoms with Crippen LogP contribution >= 0.6 is 0 Å². The molecule has 0 spiro atoms. The van der Waals surface area contributed by atoms with Gasteiger partial charge in [0.1, 0.15) is 5.82 Å². The van der Waals surface area contributed by atoms with E-state index in [4.69, 9.17) is 0 Å². The van der Waals surface area contributed by atoms with E-state index in [1.54, 1.807) is 15.9 Å². The maximum atomic E-state index is 13.1. The molecule has 0 bridgehead atoms. The van der Waals surface area contributed by atoms with Crippen LogP contribution in [0.5, 0.6) is 0 Å². The third kappa shape index (κ3) is 3.30. The summed E-state index contributed by atoms with van der Waals surface area (Å²) in [4.78, 5) is 27.0. The number of nitrogens with zero attached hydrogens (tertiary/aromatic N) is 2. The molecule has 0 radical (unpaired) electrons. The maximum absolute atomic E-state index is 13.1. The van der Waals surface area contributed by atoms with E-state index < -0.39 is 5.82 Å². The van der Waals surface area contributed by atoms with E-state index in [-0.39, 0.29) is 11.8 Å². The van der Waals surface area contributed by atoms with Crippen molar-refractivity contribution in [2.24, 2.45) is 0 Å². The molecule has 4 nitrogen and oxygen atoms in total. The summed E-state index contributed by atoms with van der Waals surface area (Å²) < 4.78 is 13.1. The van der Waals surface area contributed by atoms with Gasteiger partial charge < -0.3 is 9.80 Å². The smallest absolute Gasteiger partial charge is 0.254 e. The zero-order chi connectivity index (χ0) is 13.8. The van der Waals surface area contributed by atoms with Crippen molar-refractivity contribution in [3.05, 3.63) is 35.6 Å². The van der Waals surface area contributed by atoms with Crippen LogP contribution in [0.4, 0.5) is 4.39 Å². The fourth-order valence-corrected chi connectivity index (χ4v) is 2.24. The molecule has 19 heavy (non-hydrogen) atoms. The van der Waals surface area contributed by atoms with Gasteiger partial charge in [-0.2, -0.15) is 0 Å². The Morgan fingerprint density at radius 1 is 1.11 bits per heavy atom. The highest BCUT2D eigenvalue weighted by molar-refractivity contribution is 5.94. The Kier molecular flexibility index (Phi) is 4.14. The van der Waals surface area contributed by atoms with E-state index in [1.807, 2.05) is 0 Å². The standard InChI is InChI=1S/C14H17FN2O2/c1-11(18)16-6-3-7-17(9-8-16)14(19)12-4-2-5-13(15)10-12/h2,4-5,10H,3,6-9H2,1H3. The van der Waals surface area contributed by atoms with Gasteiger partial charge in [-0.15, -0.1) is 0 Å². The van der Waals surface area contributed by atoms with E-state index in [1.165, 1.54) is 25.1 Å². The number of amides is 2. The number of rotatable bonds is 1. The molecule has 5 heteroatoms. The summed E-state index contributed by atoms with van der Waals surface area (Å²) in [5.74, 6) is -0.559. The number of hydrogen-bond acceptors (Lipinski definition) is 2. The molecule has 0 atom stereocenters. The van der Waals surface area contributed by atoms with Crippen LogP contribution < -0.4 is 0 Å². The molecule has 1 aromatic carbocycles. The van der Waals surface area contributed by atoms with Crippen LogP contribution in [-0.4, -0.2) is 47.8 Å². The fourth-order valence-electron chi connectivity index (χ4n) is 2.24. The van der Waals surface area contributed by atoms with Gasteiger partial charge in [-0.25, -0.2) is 4.39 Å². The van der Waals surface area contributed by atoms with Gasteiger partial charge in [-0.1, -0.05) is 6.07 Å². The van der Waals surface area contributed by atoms with E-state index in [9.17, 15) is 14.0 Å². The number of hydrogen-bond donors (Lipinski definition) is 0. The molecular formula is C14H17FN2O2. The molecule has 2 amide bonds. The third-order valence-corrected chi connectivity index (χ3v) is 3.30. The molecule has 1 heterocycles. The Morgan fingerprint density at radius 2 is 1.79 bits per heavy atom. The number of benzene rings is 1. The Balaban J connectivity index is 2.06. The lowest BCUT2D eigenvalue weighted by atomic mass is 10.2. The molecular weight excluding hydrogens is 247 g/mol. The van der Waals surface area contributed by atoms with Crippen LogP contribution in [0, 0.1) is 5.82 Å². The van der Waals surface area contributed by atoms with Crippen molar-refractivity contribution in [2.45, 2.75) is 13.3 Å². The van der Waals surface area contributed by atoms with Gasteiger partial charge >= 0.3 is 0 Å². The van der Waals surface area contributed by atoms with E-state index in [0.29, 0.717) is 31.7 Å². The SMILES string of the molecule is CC(=O)N1CCCN(C(=O)c2cccc(F)c2)CC1. The fraction of sp³-hybridized carbons (Fsp3) is 0.429. The molecule has 1 aliphatic heterocycles. The highest BCUT2D eigenvalue weighted by Gasteiger charge is 2.21. The first-order valence-corrected chi connectivity index (χ1v) is 6.38. The minimum Gasteiger partial charge on any atom is -0.341 e. The van der Waals surface area contributed by atoms with E-state index >= 15 is 0 Å². The highest BCUT2D eigenvalue weighted by atomic mass is 19.1. The number of halogens is 1. The normalized spacial score (nSPS) is 16.1. The summed E-state index contributed by atoms with van der Waals surface area (Å²) in [7, 11) is 0. The van der Waals surface area contributed by atoms with Gasteiger partial charge in [0.15, 0.2) is 0 Å². The van der Waals surface area contributed by atoms with Crippen molar-refractivity contribution in [1.82, 2.24) is 9.80 Å². The Labute approximate surface area is 111 Å². The molecule has 0 aromatic heterocycles. The Morgan fingerprint density at radius 3 is 2.47 bits per heavy atom. The summed E-state index contributed by atoms with van der Waals surface area (Å²) in [6.45, 7) is 3.83. The Hall–Kier alpha value is -1.91. The zero-order valence-corrected chi connectivity index (χ0v) is 10.9. The second-order valence-corrected chi connectivity index (χ2v) is 4.66. The largest absolute Gasteiger partial charge is 0.341 e. The van der Waals surface area contributed by atoms with Crippen molar-refractivity contribution >= 4 is 11.8 Å². The molecule has 1 aromatic rings. The predicted octanol–water partition coefficient (Wildman–Crippen LogP) is 1.52. The summed E-state index contributed by atoms with van der Waals surface area (Å²) in [5.41, 5.74) is 0.358. The van der Waals surface area contributed by atoms with Gasteiger partial charge in [-0.05, 0) is 24.6 Å². The van der Waals surface area contributed by atoms with E-state index in [0.717, 1.165) is 6.42 Å². The molecule has 1 fully saturated rings. The monoisotopic (exact) mass is 264 g/mol. The average molecular weight is 264 g/mol. The lowest BCUT2D eigenvalue weighted by Gasteiger charge is -2.21. The van der Waals surface area contributed by atoms with Gasteiger partial charge in [0.25, 0.3) is 5.91 Å². The molecule has 0 unspecified atom stereocenters. The van der Waals surface area contributed by atoms with Crippen molar-refractivity contribution in [1.29, 1.82) is 0 Å². The minimum atomic E-state index is -0.411. The summed E-state index contributed by atoms with van der Waals surface area (Å²) in [5, 5.41) is 0. The second-order valence-electron chi connectivity index (χ2n) is 4.66. The van der Waals surface area contributed by atoms with E-state index in [2.05, 4.69) is 0 Å². The Bertz CT molecular complexity index is 490. The van der Waals surface area contributed by atoms with Crippen LogP contribution in [0.2, 0.25) is 0 Å². The first-order chi connectivity index (χ1) is 9.08. The first kappa shape index (κ1) is 13.5. The number of carbonyl (C=O) groups is 2. The molecule has 0 saturated carbocycles. The molecule has 102 valence electrons. The van der Waals surface area contributed by atoms with Gasteiger partial charge in [-0.3, -0.25) is 9.59 Å². The van der Waals surface area contributed by atoms with Gasteiger partial charge in [0, 0.05) is 38.7 Å². The topological polar surface area (TPSA) is 40.6 Å². The molecule has 0 aliphatic carbocycles. The quantitative estimate of drug-likeness (QED) is 0.771. The lowest BCUT2D eigenvalue weighted by molar-refractivity contribution is -0.128. The molecule has 0 N–H and O–H groups in total. The minimum absolute atomic E-state index is 0.0278. The summed E-state index contributed by atoms with van der Waals surface area (Å²) >= 11 is 0. The van der Waals surface area contributed by atoms with Gasteiger partial charge in [0.05, 0.1) is 0 Å². The van der Waals surface area contributed by atoms with Crippen LogP contribution in [0.3, 0.4) is 0 Å². The van der Waals surface area contributed by atoms with Crippen molar-refractivity contribution in [2.75, 3.05) is 26.2 Å². The average Bonchev–Trinajstić information content (AvgIpc) is 2.63. The van der Waals surface area contributed by atoms with Crippen LogP contribution in [-0.2, 0) is 4.79 Å². The first-order valence-electron chi connectivity index (χ1n) is 6.38. The van der Waals surface area contributed by atoms with Crippen LogP contribution in [0.25, 0.3) is 0 Å². The molecule has 1 saturated heterocycles. The maximum Gasteiger partial charge on any atom is 0.254 e. The molecule has 1 aliphatic rings. The predicted molar refractivity (Wildman–Crippen MR) is 69.2 cm³/mol. The summed E-state index contributed by atoms with van der Waals surface area (Å²) in [6, 6.07) is 5.70. The van der Waals surface area contributed by atoms with Crippen molar-refractivity contribution < 1.29 is 14.0 Å². The second kappa shape index (κ2) is 5.82. The van der Waals surface area contributed by atoms with Crippen LogP contribution in [0.15, 0.2) is 24.3 Å². The van der Waals surface area contributed by atoms with Crippen molar-refractivity contribution in [3.63, 3.8) is 0 Å². The highest BCUT2D eigenvalue weighted by Crippen LogP contribution is 2.10. The lowest BCUT2D eigenvalue weighted by Crippen LogP contribution is -2.36. The van der Waals surface area contributed by atoms with Crippen LogP contribution in [0.1, 0.15) is 23.7 Å². The summed E-state index contributed by atoms with van der Waals surface area (Å²) in [6.07, 6.45) is 0.751. The number of carbonyl (C=O) groups excluding carboxylic acids is 2.